The Morgan fingerprint density at radius 1 is 1.25 bits per heavy atom. The van der Waals surface area contributed by atoms with E-state index in [1.165, 1.54) is 6.92 Å². The summed E-state index contributed by atoms with van der Waals surface area (Å²) in [5.74, 6) is -0.0655. The molecule has 0 saturated heterocycles. The maximum absolute atomic E-state index is 11.2. The lowest BCUT2D eigenvalue weighted by Crippen LogP contribution is -2.36. The zero-order chi connectivity index (χ0) is 15.0. The number of anilines is 1. The first kappa shape index (κ1) is 16.7. The largest absolute Gasteiger partial charge is 0.396 e. The van der Waals surface area contributed by atoms with Crippen molar-refractivity contribution in [2.75, 3.05) is 18.5 Å². The highest BCUT2D eigenvalue weighted by atomic mass is 16.3. The summed E-state index contributed by atoms with van der Waals surface area (Å²) >= 11 is 0. The number of aliphatic hydroxyl groups is 1. The molecule has 0 aliphatic heterocycles. The number of carbonyl (C=O) groups is 1. The summed E-state index contributed by atoms with van der Waals surface area (Å²) in [6.07, 6.45) is 1.89. The normalized spacial score (nSPS) is 11.4. The highest BCUT2D eigenvalue weighted by molar-refractivity contribution is 5.89. The maximum Gasteiger partial charge on any atom is 0.221 e. The molecule has 0 heterocycles. The van der Waals surface area contributed by atoms with E-state index >= 15 is 0 Å². The lowest BCUT2D eigenvalue weighted by atomic mass is 9.83. The Hall–Kier alpha value is -1.39. The third-order valence-corrected chi connectivity index (χ3v) is 3.98. The summed E-state index contributed by atoms with van der Waals surface area (Å²) in [5.41, 5.74) is 1.85. The van der Waals surface area contributed by atoms with Gasteiger partial charge in [-0.2, -0.15) is 0 Å². The van der Waals surface area contributed by atoms with Crippen LogP contribution in [0.2, 0.25) is 0 Å². The summed E-state index contributed by atoms with van der Waals surface area (Å²) in [4.78, 5) is 11.2. The molecule has 0 fully saturated rings. The van der Waals surface area contributed by atoms with Crippen LogP contribution in [-0.2, 0) is 11.3 Å². The molecule has 112 valence electrons. The standard InChI is InChI=1S/C16H26N2O2/c1-4-16(5-2,12-19)11-17-10-14-8-6-7-9-15(14)18-13(3)20/h6-9,17,19H,4-5,10-12H2,1-3H3,(H,18,20). The van der Waals surface area contributed by atoms with Crippen LogP contribution in [0.25, 0.3) is 0 Å². The van der Waals surface area contributed by atoms with Gasteiger partial charge in [-0.1, -0.05) is 32.0 Å². The van der Waals surface area contributed by atoms with Crippen LogP contribution in [0, 0.1) is 5.41 Å². The molecule has 0 radical (unpaired) electrons. The Balaban J connectivity index is 2.64. The number of benzene rings is 1. The lowest BCUT2D eigenvalue weighted by Gasteiger charge is -2.29. The first-order valence-corrected chi connectivity index (χ1v) is 7.24. The molecular weight excluding hydrogens is 252 g/mol. The molecule has 0 spiro atoms. The first-order valence-electron chi connectivity index (χ1n) is 7.24. The van der Waals surface area contributed by atoms with Crippen LogP contribution < -0.4 is 10.6 Å². The Kier molecular flexibility index (Phi) is 6.68. The van der Waals surface area contributed by atoms with E-state index in [-0.39, 0.29) is 17.9 Å². The van der Waals surface area contributed by atoms with Gasteiger partial charge in [-0.25, -0.2) is 0 Å². The topological polar surface area (TPSA) is 61.4 Å². The molecule has 0 atom stereocenters. The number of amides is 1. The van der Waals surface area contributed by atoms with E-state index in [1.807, 2.05) is 24.3 Å². The van der Waals surface area contributed by atoms with Crippen LogP contribution in [-0.4, -0.2) is 24.2 Å². The Bertz CT molecular complexity index is 420. The van der Waals surface area contributed by atoms with Crippen molar-refractivity contribution < 1.29 is 9.90 Å². The molecule has 0 saturated carbocycles. The second-order valence-corrected chi connectivity index (χ2v) is 5.31. The van der Waals surface area contributed by atoms with Crippen molar-refractivity contribution in [3.63, 3.8) is 0 Å². The van der Waals surface area contributed by atoms with Crippen LogP contribution in [0.1, 0.15) is 39.2 Å². The molecular formula is C16H26N2O2. The zero-order valence-corrected chi connectivity index (χ0v) is 12.7. The van der Waals surface area contributed by atoms with Crippen molar-refractivity contribution in [2.45, 2.75) is 40.2 Å². The fraction of sp³-hybridized carbons (Fsp3) is 0.562. The van der Waals surface area contributed by atoms with Crippen LogP contribution in [0.4, 0.5) is 5.69 Å². The summed E-state index contributed by atoms with van der Waals surface area (Å²) in [5, 5.41) is 15.8. The van der Waals surface area contributed by atoms with Crippen LogP contribution in [0.15, 0.2) is 24.3 Å². The van der Waals surface area contributed by atoms with Gasteiger partial charge in [0.05, 0.1) is 0 Å². The lowest BCUT2D eigenvalue weighted by molar-refractivity contribution is -0.114. The molecule has 0 aliphatic carbocycles. The fourth-order valence-electron chi connectivity index (χ4n) is 2.23. The SMILES string of the molecule is CCC(CC)(CO)CNCc1ccccc1NC(C)=O. The van der Waals surface area contributed by atoms with E-state index in [2.05, 4.69) is 24.5 Å². The molecule has 0 aromatic heterocycles. The van der Waals surface area contributed by atoms with Crippen molar-refractivity contribution in [3.05, 3.63) is 29.8 Å². The third-order valence-electron chi connectivity index (χ3n) is 3.98. The average Bonchev–Trinajstić information content (AvgIpc) is 2.45. The molecule has 1 aromatic carbocycles. The molecule has 1 aromatic rings. The molecule has 3 N–H and O–H groups in total. The molecule has 0 aliphatic rings. The Labute approximate surface area is 121 Å². The van der Waals surface area contributed by atoms with E-state index in [4.69, 9.17) is 0 Å². The fourth-order valence-corrected chi connectivity index (χ4v) is 2.23. The Morgan fingerprint density at radius 2 is 1.90 bits per heavy atom. The number of rotatable bonds is 8. The van der Waals surface area contributed by atoms with E-state index in [1.54, 1.807) is 0 Å². The van der Waals surface area contributed by atoms with E-state index in [9.17, 15) is 9.90 Å². The van der Waals surface area contributed by atoms with Gasteiger partial charge in [-0.05, 0) is 24.5 Å². The van der Waals surface area contributed by atoms with Crippen molar-refractivity contribution in [1.29, 1.82) is 0 Å². The quantitative estimate of drug-likeness (QED) is 0.685. The first-order chi connectivity index (χ1) is 9.56. The molecule has 1 rings (SSSR count). The predicted molar refractivity (Wildman–Crippen MR) is 82.6 cm³/mol. The van der Waals surface area contributed by atoms with Crippen molar-refractivity contribution in [3.8, 4) is 0 Å². The smallest absolute Gasteiger partial charge is 0.221 e. The second-order valence-electron chi connectivity index (χ2n) is 5.31. The minimum absolute atomic E-state index is 0.0526. The van der Waals surface area contributed by atoms with Gasteiger partial charge in [0.1, 0.15) is 0 Å². The number of carbonyl (C=O) groups excluding carboxylic acids is 1. The summed E-state index contributed by atoms with van der Waals surface area (Å²) < 4.78 is 0. The third kappa shape index (κ3) is 4.62. The van der Waals surface area contributed by atoms with Gasteiger partial charge in [-0.15, -0.1) is 0 Å². The molecule has 20 heavy (non-hydrogen) atoms. The number of para-hydroxylation sites is 1. The average molecular weight is 278 g/mol. The zero-order valence-electron chi connectivity index (χ0n) is 12.7. The summed E-state index contributed by atoms with van der Waals surface area (Å²) in [6, 6.07) is 7.76. The number of hydrogen-bond acceptors (Lipinski definition) is 3. The summed E-state index contributed by atoms with van der Waals surface area (Å²) in [7, 11) is 0. The molecule has 1 amide bonds. The van der Waals surface area contributed by atoms with E-state index < -0.39 is 0 Å². The van der Waals surface area contributed by atoms with E-state index in [0.29, 0.717) is 6.54 Å². The van der Waals surface area contributed by atoms with Crippen molar-refractivity contribution in [1.82, 2.24) is 5.32 Å². The van der Waals surface area contributed by atoms with Crippen LogP contribution in [0.5, 0.6) is 0 Å². The summed E-state index contributed by atoms with van der Waals surface area (Å²) in [6.45, 7) is 7.36. The van der Waals surface area contributed by atoms with Gasteiger partial charge < -0.3 is 15.7 Å². The highest BCUT2D eigenvalue weighted by Crippen LogP contribution is 2.24. The van der Waals surface area contributed by atoms with Gasteiger partial charge >= 0.3 is 0 Å². The van der Waals surface area contributed by atoms with Crippen molar-refractivity contribution >= 4 is 11.6 Å². The monoisotopic (exact) mass is 278 g/mol. The number of nitrogens with one attached hydrogen (secondary N) is 2. The number of aliphatic hydroxyl groups excluding tert-OH is 1. The maximum atomic E-state index is 11.2. The highest BCUT2D eigenvalue weighted by Gasteiger charge is 2.24. The molecule has 4 heteroatoms. The predicted octanol–water partition coefficient (Wildman–Crippen LogP) is 2.53. The molecule has 4 nitrogen and oxygen atoms in total. The van der Waals surface area contributed by atoms with Gasteiger partial charge in [0.25, 0.3) is 0 Å². The minimum atomic E-state index is -0.0655. The minimum Gasteiger partial charge on any atom is -0.396 e. The van der Waals surface area contributed by atoms with Gasteiger partial charge in [-0.3, -0.25) is 4.79 Å². The van der Waals surface area contributed by atoms with E-state index in [0.717, 1.165) is 30.6 Å². The molecule has 0 unspecified atom stereocenters. The Morgan fingerprint density at radius 3 is 2.45 bits per heavy atom. The second kappa shape index (κ2) is 8.02. The van der Waals surface area contributed by atoms with Crippen LogP contribution in [0.3, 0.4) is 0 Å². The number of hydrogen-bond donors (Lipinski definition) is 3. The van der Waals surface area contributed by atoms with Gasteiger partial charge in [0.15, 0.2) is 0 Å². The van der Waals surface area contributed by atoms with Crippen molar-refractivity contribution in [2.24, 2.45) is 5.41 Å². The molecule has 0 bridgehead atoms. The van der Waals surface area contributed by atoms with Crippen LogP contribution >= 0.6 is 0 Å². The van der Waals surface area contributed by atoms with Gasteiger partial charge in [0, 0.05) is 37.7 Å². The van der Waals surface area contributed by atoms with Gasteiger partial charge in [0.2, 0.25) is 5.91 Å².